The zero-order chi connectivity index (χ0) is 59.8. The predicted octanol–water partition coefficient (Wildman–Crippen LogP) is 21.5. The summed E-state index contributed by atoms with van der Waals surface area (Å²) in [5.74, 6) is -0.848. The average Bonchev–Trinajstić information content (AvgIpc) is 3.46. The number of ether oxygens (including phenoxy) is 2. The maximum absolute atomic E-state index is 12.8. The third kappa shape index (κ3) is 66.3. The molecule has 476 valence electrons. The summed E-state index contributed by atoms with van der Waals surface area (Å²) < 4.78 is 34.2. The smallest absolute Gasteiger partial charge is 0.306 e. The summed E-state index contributed by atoms with van der Waals surface area (Å²) in [4.78, 5) is 38.0. The Kier molecular flexibility index (Phi) is 60.6. The summed E-state index contributed by atoms with van der Waals surface area (Å²) in [5, 5.41) is 0. The van der Waals surface area contributed by atoms with Crippen LogP contribution in [0.15, 0.2) is 85.1 Å². The van der Waals surface area contributed by atoms with E-state index in [2.05, 4.69) is 98.9 Å². The molecule has 0 saturated carbocycles. The van der Waals surface area contributed by atoms with Crippen LogP contribution in [0.2, 0.25) is 0 Å². The molecule has 0 spiro atoms. The summed E-state index contributed by atoms with van der Waals surface area (Å²) in [6.45, 7) is 4.12. The number of phosphoric ester groups is 1. The monoisotopic (exact) mass is 1170 g/mol. The van der Waals surface area contributed by atoms with E-state index < -0.39 is 26.5 Å². The summed E-state index contributed by atoms with van der Waals surface area (Å²) in [5.41, 5.74) is 0. The molecule has 0 fully saturated rings. The molecule has 82 heavy (non-hydrogen) atoms. The molecule has 0 aromatic heterocycles. The van der Waals surface area contributed by atoms with Crippen LogP contribution >= 0.6 is 7.82 Å². The van der Waals surface area contributed by atoms with Crippen LogP contribution in [0.25, 0.3) is 0 Å². The van der Waals surface area contributed by atoms with Gasteiger partial charge in [-0.25, -0.2) is 0 Å². The SMILES string of the molecule is CC/C=C\C/C=C\C/C=C\C/C=C\C/C=C\CCCCCCCC(=O)OC(COC(=O)CCCCCCCCCCCCCCCCCCCCCCCCCCC/C=C\C/C=C\CCCCCCC)COP(=O)([O-])OCC[N+](C)(C)C. The largest absolute Gasteiger partial charge is 0.756 e. The number of rotatable bonds is 63. The molecular formula is C72H130NO8P. The molecule has 2 atom stereocenters. The van der Waals surface area contributed by atoms with E-state index in [0.717, 1.165) is 89.9 Å². The van der Waals surface area contributed by atoms with Gasteiger partial charge >= 0.3 is 11.9 Å². The zero-order valence-electron chi connectivity index (χ0n) is 54.2. The van der Waals surface area contributed by atoms with Crippen molar-refractivity contribution < 1.29 is 42.1 Å². The molecule has 0 aromatic carbocycles. The second kappa shape index (κ2) is 62.7. The van der Waals surface area contributed by atoms with E-state index in [1.807, 2.05) is 21.1 Å². The number of phosphoric acid groups is 1. The van der Waals surface area contributed by atoms with Crippen molar-refractivity contribution in [3.05, 3.63) is 85.1 Å². The van der Waals surface area contributed by atoms with Gasteiger partial charge in [-0.1, -0.05) is 292 Å². The Morgan fingerprint density at radius 3 is 1.04 bits per heavy atom. The van der Waals surface area contributed by atoms with Crippen molar-refractivity contribution in [3.8, 4) is 0 Å². The van der Waals surface area contributed by atoms with Crippen LogP contribution in [-0.2, 0) is 32.7 Å². The molecule has 10 heteroatoms. The van der Waals surface area contributed by atoms with Gasteiger partial charge in [-0.05, 0) is 89.9 Å². The predicted molar refractivity (Wildman–Crippen MR) is 351 cm³/mol. The lowest BCUT2D eigenvalue weighted by atomic mass is 10.0. The van der Waals surface area contributed by atoms with Gasteiger partial charge < -0.3 is 27.9 Å². The van der Waals surface area contributed by atoms with E-state index in [-0.39, 0.29) is 32.0 Å². The van der Waals surface area contributed by atoms with Gasteiger partial charge in [-0.2, -0.15) is 0 Å². The van der Waals surface area contributed by atoms with Gasteiger partial charge in [0.05, 0.1) is 27.7 Å². The standard InChI is InChI=1S/C72H130NO8P/c1-6-8-10-12-14-16-18-20-22-24-26-28-29-30-31-32-33-34-35-36-37-38-39-40-41-42-43-45-46-48-50-52-54-56-58-60-62-64-71(74)78-68-70(69-80-82(76,77)79-67-66-73(3,4)5)81-72(75)65-63-61-59-57-55-53-51-49-47-44-27-25-23-21-19-17-15-13-11-9-7-2/h9,11,15,17-18,20-21,23-24,26-27,44,49,51,70H,6-8,10,12-14,16,19,22,25,28-43,45-48,50,52-69H2,1-5H3/b11-9-,17-15-,20-18-,23-21-,26-24-,44-27-,51-49-. The topological polar surface area (TPSA) is 111 Å². The van der Waals surface area contributed by atoms with E-state index in [0.29, 0.717) is 17.4 Å². The molecule has 0 aliphatic carbocycles. The number of nitrogens with zero attached hydrogens (tertiary/aromatic N) is 1. The van der Waals surface area contributed by atoms with Gasteiger partial charge in [-0.3, -0.25) is 14.2 Å². The van der Waals surface area contributed by atoms with E-state index in [1.54, 1.807) is 0 Å². The van der Waals surface area contributed by atoms with Gasteiger partial charge in [0.15, 0.2) is 6.10 Å². The first-order chi connectivity index (χ1) is 40.0. The third-order valence-electron chi connectivity index (χ3n) is 14.9. The number of carbonyl (C=O) groups is 2. The number of esters is 2. The Hall–Kier alpha value is -2.81. The highest BCUT2D eigenvalue weighted by atomic mass is 31.2. The van der Waals surface area contributed by atoms with Crippen LogP contribution in [-0.4, -0.2) is 70.0 Å². The van der Waals surface area contributed by atoms with Gasteiger partial charge in [0.1, 0.15) is 19.8 Å². The minimum absolute atomic E-state index is 0.0372. The number of carbonyl (C=O) groups excluding carboxylic acids is 2. The van der Waals surface area contributed by atoms with Crippen LogP contribution < -0.4 is 4.89 Å². The first kappa shape index (κ1) is 79.2. The van der Waals surface area contributed by atoms with Crippen LogP contribution in [0.3, 0.4) is 0 Å². The highest BCUT2D eigenvalue weighted by molar-refractivity contribution is 7.45. The lowest BCUT2D eigenvalue weighted by Gasteiger charge is -2.28. The number of likely N-dealkylation sites (N-methyl/N-ethyl adjacent to an activating group) is 1. The van der Waals surface area contributed by atoms with E-state index in [1.165, 1.54) is 186 Å². The minimum Gasteiger partial charge on any atom is -0.756 e. The van der Waals surface area contributed by atoms with Crippen LogP contribution in [0.5, 0.6) is 0 Å². The molecule has 0 aromatic rings. The van der Waals surface area contributed by atoms with Gasteiger partial charge in [0.2, 0.25) is 0 Å². The highest BCUT2D eigenvalue weighted by Gasteiger charge is 2.22. The zero-order valence-corrected chi connectivity index (χ0v) is 55.1. The average molecular weight is 1170 g/mol. The Morgan fingerprint density at radius 2 is 0.695 bits per heavy atom. The van der Waals surface area contributed by atoms with Crippen molar-refractivity contribution in [1.29, 1.82) is 0 Å². The maximum Gasteiger partial charge on any atom is 0.306 e. The normalized spacial score (nSPS) is 13.7. The Morgan fingerprint density at radius 1 is 0.390 bits per heavy atom. The van der Waals surface area contributed by atoms with Crippen LogP contribution in [0.1, 0.15) is 309 Å². The van der Waals surface area contributed by atoms with Gasteiger partial charge in [0.25, 0.3) is 7.82 Å². The molecular weight excluding hydrogens is 1040 g/mol. The van der Waals surface area contributed by atoms with Crippen molar-refractivity contribution in [2.24, 2.45) is 0 Å². The van der Waals surface area contributed by atoms with Crippen molar-refractivity contribution >= 4 is 19.8 Å². The molecule has 0 amide bonds. The van der Waals surface area contributed by atoms with E-state index >= 15 is 0 Å². The Bertz CT molecular complexity index is 1660. The first-order valence-electron chi connectivity index (χ1n) is 34.3. The molecule has 0 aliphatic rings. The fourth-order valence-electron chi connectivity index (χ4n) is 9.66. The fourth-order valence-corrected chi connectivity index (χ4v) is 10.4. The minimum atomic E-state index is -4.65. The van der Waals surface area contributed by atoms with Crippen LogP contribution in [0.4, 0.5) is 0 Å². The van der Waals surface area contributed by atoms with Gasteiger partial charge in [0, 0.05) is 12.8 Å². The summed E-state index contributed by atoms with van der Waals surface area (Å²) >= 11 is 0. The molecule has 0 radical (unpaired) electrons. The number of hydrogen-bond acceptors (Lipinski definition) is 8. The number of allylic oxidation sites excluding steroid dienone is 14. The second-order valence-corrected chi connectivity index (χ2v) is 25.6. The number of hydrogen-bond donors (Lipinski definition) is 0. The maximum atomic E-state index is 12.8. The molecule has 0 bridgehead atoms. The van der Waals surface area contributed by atoms with Crippen LogP contribution in [0, 0.1) is 0 Å². The Labute approximate surface area is 507 Å². The molecule has 2 unspecified atom stereocenters. The number of quaternary nitrogens is 1. The lowest BCUT2D eigenvalue weighted by molar-refractivity contribution is -0.870. The molecule has 0 heterocycles. The van der Waals surface area contributed by atoms with Crippen molar-refractivity contribution in [2.45, 2.75) is 315 Å². The summed E-state index contributed by atoms with van der Waals surface area (Å²) in [7, 11) is 1.15. The number of unbranched alkanes of at least 4 members (excludes halogenated alkanes) is 35. The van der Waals surface area contributed by atoms with Crippen molar-refractivity contribution in [3.63, 3.8) is 0 Å². The Balaban J connectivity index is 3.98. The fraction of sp³-hybridized carbons (Fsp3) is 0.778. The van der Waals surface area contributed by atoms with Gasteiger partial charge in [-0.15, -0.1) is 0 Å². The highest BCUT2D eigenvalue weighted by Crippen LogP contribution is 2.38. The molecule has 9 nitrogen and oxygen atoms in total. The summed E-state index contributed by atoms with van der Waals surface area (Å²) in [6.07, 6.45) is 85.3. The van der Waals surface area contributed by atoms with E-state index in [9.17, 15) is 19.0 Å². The molecule has 0 saturated heterocycles. The van der Waals surface area contributed by atoms with Crippen molar-refractivity contribution in [2.75, 3.05) is 47.5 Å². The first-order valence-corrected chi connectivity index (χ1v) is 35.8. The van der Waals surface area contributed by atoms with E-state index in [4.69, 9.17) is 18.5 Å². The summed E-state index contributed by atoms with van der Waals surface area (Å²) in [6, 6.07) is 0. The molecule has 0 N–H and O–H groups in total. The third-order valence-corrected chi connectivity index (χ3v) is 15.9. The molecule has 0 aliphatic heterocycles. The second-order valence-electron chi connectivity index (χ2n) is 24.2. The lowest BCUT2D eigenvalue weighted by Crippen LogP contribution is -2.37. The van der Waals surface area contributed by atoms with Crippen molar-refractivity contribution in [1.82, 2.24) is 0 Å². The quantitative estimate of drug-likeness (QED) is 0.0195. The molecule has 0 rings (SSSR count).